The van der Waals surface area contributed by atoms with Gasteiger partial charge in [-0.1, -0.05) is 19.1 Å². The summed E-state index contributed by atoms with van der Waals surface area (Å²) in [6.07, 6.45) is 5.65. The number of rotatable bonds is 4. The van der Waals surface area contributed by atoms with Gasteiger partial charge >= 0.3 is 0 Å². The molecule has 26 heavy (non-hydrogen) atoms. The molecule has 1 atom stereocenters. The maximum atomic E-state index is 13.0. The Hall–Kier alpha value is -2.05. The van der Waals surface area contributed by atoms with Crippen molar-refractivity contribution in [3.63, 3.8) is 0 Å². The number of anilines is 1. The number of aromatic nitrogens is 1. The van der Waals surface area contributed by atoms with Gasteiger partial charge in [0.15, 0.2) is 5.13 Å². The number of thiophene rings is 1. The molecular formula is C20H19FN2OS2. The number of carbonyl (C=O) groups excluding carboxylic acids is 1. The molecule has 0 fully saturated rings. The van der Waals surface area contributed by atoms with Crippen LogP contribution in [0.3, 0.4) is 0 Å². The maximum Gasteiger partial charge on any atom is 0.258 e. The molecule has 2 aromatic heterocycles. The minimum Gasteiger partial charge on any atom is -0.298 e. The van der Waals surface area contributed by atoms with E-state index in [9.17, 15) is 9.18 Å². The number of thiazole rings is 1. The van der Waals surface area contributed by atoms with Crippen LogP contribution in [0.1, 0.15) is 44.6 Å². The van der Waals surface area contributed by atoms with Crippen molar-refractivity contribution < 1.29 is 9.18 Å². The van der Waals surface area contributed by atoms with Crippen LogP contribution in [-0.4, -0.2) is 10.9 Å². The van der Waals surface area contributed by atoms with Gasteiger partial charge in [-0.15, -0.1) is 22.7 Å². The molecule has 3 aromatic rings. The minimum absolute atomic E-state index is 0.0697. The van der Waals surface area contributed by atoms with Gasteiger partial charge in [-0.05, 0) is 48.4 Å². The molecule has 3 nitrogen and oxygen atoms in total. The average Bonchev–Trinajstić information content (AvgIpc) is 3.23. The van der Waals surface area contributed by atoms with E-state index in [4.69, 9.17) is 0 Å². The predicted octanol–water partition coefficient (Wildman–Crippen LogP) is 5.31. The Morgan fingerprint density at radius 2 is 2.15 bits per heavy atom. The highest BCUT2D eigenvalue weighted by Gasteiger charge is 2.23. The zero-order valence-electron chi connectivity index (χ0n) is 14.4. The fraction of sp³-hybridized carbons (Fsp3) is 0.300. The van der Waals surface area contributed by atoms with E-state index in [0.29, 0.717) is 17.5 Å². The summed E-state index contributed by atoms with van der Waals surface area (Å²) >= 11 is 3.16. The number of benzene rings is 1. The topological polar surface area (TPSA) is 42.0 Å². The maximum absolute atomic E-state index is 13.0. The monoisotopic (exact) mass is 386 g/mol. The van der Waals surface area contributed by atoms with Gasteiger partial charge in [0.05, 0.1) is 5.56 Å². The molecule has 0 saturated carbocycles. The molecule has 1 N–H and O–H groups in total. The molecule has 6 heteroatoms. The van der Waals surface area contributed by atoms with Gasteiger partial charge < -0.3 is 0 Å². The summed E-state index contributed by atoms with van der Waals surface area (Å²) in [6.45, 7) is 2.26. The van der Waals surface area contributed by atoms with Crippen LogP contribution in [0.5, 0.6) is 0 Å². The molecule has 0 radical (unpaired) electrons. The van der Waals surface area contributed by atoms with Crippen LogP contribution < -0.4 is 5.32 Å². The third-order valence-corrected chi connectivity index (χ3v) is 6.68. The molecule has 0 unspecified atom stereocenters. The number of amides is 1. The van der Waals surface area contributed by atoms with E-state index in [1.54, 1.807) is 29.7 Å². The number of carbonyl (C=O) groups is 1. The fourth-order valence-corrected chi connectivity index (χ4v) is 5.37. The Morgan fingerprint density at radius 1 is 1.35 bits per heavy atom. The quantitative estimate of drug-likeness (QED) is 0.660. The predicted molar refractivity (Wildman–Crippen MR) is 105 cm³/mol. The van der Waals surface area contributed by atoms with E-state index in [1.165, 1.54) is 33.9 Å². The second-order valence-electron chi connectivity index (χ2n) is 6.79. The van der Waals surface area contributed by atoms with Crippen molar-refractivity contribution in [3.05, 3.63) is 68.1 Å². The summed E-state index contributed by atoms with van der Waals surface area (Å²) in [6, 6.07) is 6.46. The van der Waals surface area contributed by atoms with Gasteiger partial charge in [0.2, 0.25) is 0 Å². The molecule has 1 aromatic carbocycles. The Labute approximate surface area is 159 Å². The van der Waals surface area contributed by atoms with Crippen molar-refractivity contribution in [2.45, 2.75) is 32.6 Å². The third-order valence-electron chi connectivity index (χ3n) is 4.71. The summed E-state index contributed by atoms with van der Waals surface area (Å²) in [7, 11) is 0. The van der Waals surface area contributed by atoms with Gasteiger partial charge in [-0.3, -0.25) is 10.1 Å². The number of fused-ring (bicyclic) bond motifs is 1. The fourth-order valence-electron chi connectivity index (χ4n) is 3.28. The van der Waals surface area contributed by atoms with E-state index in [0.717, 1.165) is 35.3 Å². The van der Waals surface area contributed by atoms with Crippen LogP contribution in [0.2, 0.25) is 0 Å². The molecule has 1 aliphatic rings. The molecule has 134 valence electrons. The Kier molecular flexibility index (Phi) is 4.87. The van der Waals surface area contributed by atoms with Crippen molar-refractivity contribution in [1.82, 2.24) is 4.98 Å². The molecule has 0 bridgehead atoms. The summed E-state index contributed by atoms with van der Waals surface area (Å²) in [5.74, 6) is 0.393. The molecule has 0 saturated heterocycles. The average molecular weight is 387 g/mol. The standard InChI is InChI=1S/C20H19FN2OS2/c1-12-2-7-16-17(11-25-18(16)8-12)19(24)23-20-22-10-15(26-20)9-13-3-5-14(21)6-4-13/h3-6,10-12H,2,7-9H2,1H3,(H,22,23,24)/t12-/m1/s1. The Morgan fingerprint density at radius 3 is 2.96 bits per heavy atom. The lowest BCUT2D eigenvalue weighted by atomic mass is 9.88. The van der Waals surface area contributed by atoms with Gasteiger partial charge in [-0.2, -0.15) is 0 Å². The minimum atomic E-state index is -0.237. The van der Waals surface area contributed by atoms with Crippen LogP contribution >= 0.6 is 22.7 Å². The Balaban J connectivity index is 1.44. The van der Waals surface area contributed by atoms with Crippen LogP contribution in [-0.2, 0) is 19.3 Å². The molecule has 4 rings (SSSR count). The lowest BCUT2D eigenvalue weighted by Gasteiger charge is -2.18. The van der Waals surface area contributed by atoms with Gasteiger partial charge in [0.1, 0.15) is 5.82 Å². The number of nitrogens with zero attached hydrogens (tertiary/aromatic N) is 1. The highest BCUT2D eigenvalue weighted by Crippen LogP contribution is 2.33. The van der Waals surface area contributed by atoms with Crippen molar-refractivity contribution in [2.24, 2.45) is 5.92 Å². The van der Waals surface area contributed by atoms with E-state index in [2.05, 4.69) is 17.2 Å². The van der Waals surface area contributed by atoms with Crippen LogP contribution in [0.15, 0.2) is 35.8 Å². The van der Waals surface area contributed by atoms with Crippen LogP contribution in [0, 0.1) is 11.7 Å². The van der Waals surface area contributed by atoms with Crippen LogP contribution in [0.25, 0.3) is 0 Å². The van der Waals surface area contributed by atoms with Crippen LogP contribution in [0.4, 0.5) is 9.52 Å². The SMILES string of the molecule is C[C@@H]1CCc2c(C(=O)Nc3ncc(Cc4ccc(F)cc4)s3)csc2C1. The summed E-state index contributed by atoms with van der Waals surface area (Å²) in [5.41, 5.74) is 3.04. The lowest BCUT2D eigenvalue weighted by molar-refractivity contribution is 0.102. The second-order valence-corrected chi connectivity index (χ2v) is 8.87. The first-order valence-electron chi connectivity index (χ1n) is 8.68. The first-order valence-corrected chi connectivity index (χ1v) is 10.4. The zero-order chi connectivity index (χ0) is 18.1. The Bertz CT molecular complexity index is 930. The number of hydrogen-bond donors (Lipinski definition) is 1. The van der Waals surface area contributed by atoms with Crippen molar-refractivity contribution >= 4 is 33.7 Å². The summed E-state index contributed by atoms with van der Waals surface area (Å²) in [5, 5.41) is 5.52. The number of halogens is 1. The summed E-state index contributed by atoms with van der Waals surface area (Å²) < 4.78 is 13.0. The van der Waals surface area contributed by atoms with Gasteiger partial charge in [0.25, 0.3) is 5.91 Å². The molecular weight excluding hydrogens is 367 g/mol. The van der Waals surface area contributed by atoms with E-state index >= 15 is 0 Å². The van der Waals surface area contributed by atoms with Crippen molar-refractivity contribution in [2.75, 3.05) is 5.32 Å². The smallest absolute Gasteiger partial charge is 0.258 e. The van der Waals surface area contributed by atoms with Crippen molar-refractivity contribution in [1.29, 1.82) is 0 Å². The van der Waals surface area contributed by atoms with E-state index < -0.39 is 0 Å². The largest absolute Gasteiger partial charge is 0.298 e. The highest BCUT2D eigenvalue weighted by atomic mass is 32.1. The third kappa shape index (κ3) is 3.71. The second kappa shape index (κ2) is 7.29. The number of nitrogens with one attached hydrogen (secondary N) is 1. The molecule has 0 aliphatic heterocycles. The first kappa shape index (κ1) is 17.4. The molecule has 1 amide bonds. The van der Waals surface area contributed by atoms with E-state index in [-0.39, 0.29) is 11.7 Å². The van der Waals surface area contributed by atoms with Crippen molar-refractivity contribution in [3.8, 4) is 0 Å². The molecule has 2 heterocycles. The normalized spacial score (nSPS) is 16.3. The van der Waals surface area contributed by atoms with E-state index in [1.807, 2.05) is 5.38 Å². The van der Waals surface area contributed by atoms with Gasteiger partial charge in [0, 0.05) is 27.8 Å². The highest BCUT2D eigenvalue weighted by molar-refractivity contribution is 7.15. The summed E-state index contributed by atoms with van der Waals surface area (Å²) in [4.78, 5) is 19.4. The zero-order valence-corrected chi connectivity index (χ0v) is 16.1. The lowest BCUT2D eigenvalue weighted by Crippen LogP contribution is -2.16. The van der Waals surface area contributed by atoms with Gasteiger partial charge in [-0.25, -0.2) is 9.37 Å². The molecule has 0 spiro atoms. The first-order chi connectivity index (χ1) is 12.6. The number of hydrogen-bond acceptors (Lipinski definition) is 4. The molecule has 1 aliphatic carbocycles.